The average Bonchev–Trinajstić information content (AvgIpc) is 3.20. The van der Waals surface area contributed by atoms with Crippen molar-refractivity contribution < 1.29 is 28.2 Å². The van der Waals surface area contributed by atoms with E-state index in [0.717, 1.165) is 6.07 Å². The Hall–Kier alpha value is -4.03. The van der Waals surface area contributed by atoms with Crippen molar-refractivity contribution in [3.8, 4) is 5.88 Å². The highest BCUT2D eigenvalue weighted by atomic mass is 35.5. The van der Waals surface area contributed by atoms with Crippen LogP contribution in [0.1, 0.15) is 25.0 Å². The number of halogens is 3. The minimum atomic E-state index is -1.67. The Morgan fingerprint density at radius 3 is 2.54 bits per heavy atom. The van der Waals surface area contributed by atoms with Crippen molar-refractivity contribution in [1.82, 2.24) is 9.55 Å². The number of amides is 3. The average molecular weight is 534 g/mol. The lowest BCUT2D eigenvalue weighted by Gasteiger charge is -2.24. The minimum absolute atomic E-state index is 0.00224. The van der Waals surface area contributed by atoms with Gasteiger partial charge in [-0.05, 0) is 43.7 Å². The highest BCUT2D eigenvalue weighted by molar-refractivity contribution is 6.31. The van der Waals surface area contributed by atoms with Gasteiger partial charge >= 0.3 is 6.03 Å². The number of ether oxygens (including phenoxy) is 1. The lowest BCUT2D eigenvalue weighted by atomic mass is 10.1. The number of carbonyl (C=O) groups excluding carboxylic acids is 2. The largest absolute Gasteiger partial charge is 0.471 e. The Labute approximate surface area is 214 Å². The van der Waals surface area contributed by atoms with Crippen LogP contribution >= 0.6 is 11.6 Å². The first-order valence-electron chi connectivity index (χ1n) is 10.9. The summed E-state index contributed by atoms with van der Waals surface area (Å²) in [7, 11) is 0. The molecule has 4 rings (SSSR count). The molecule has 3 amide bonds. The molecule has 1 aromatic heterocycles. The molecule has 3 aromatic rings. The zero-order chi connectivity index (χ0) is 27.1. The van der Waals surface area contributed by atoms with Crippen LogP contribution in [0.25, 0.3) is 0 Å². The van der Waals surface area contributed by atoms with Gasteiger partial charge in [-0.15, -0.1) is 0 Å². The normalized spacial score (nSPS) is 13.0. The summed E-state index contributed by atoms with van der Waals surface area (Å²) in [6, 6.07) is 6.98. The smallest absolute Gasteiger partial charge is 0.320 e. The molecule has 0 radical (unpaired) electrons. The summed E-state index contributed by atoms with van der Waals surface area (Å²) in [4.78, 5) is 43.9. The van der Waals surface area contributed by atoms with Crippen LogP contribution in [-0.2, 0) is 17.9 Å². The number of primary amides is 1. The Morgan fingerprint density at radius 2 is 1.89 bits per heavy atom. The zero-order valence-corrected chi connectivity index (χ0v) is 20.5. The Balaban J connectivity index is 1.57. The molecule has 37 heavy (non-hydrogen) atoms. The summed E-state index contributed by atoms with van der Waals surface area (Å²) in [5.41, 5.74) is 4.48. The van der Waals surface area contributed by atoms with Crippen molar-refractivity contribution >= 4 is 34.9 Å². The molecule has 2 aromatic carbocycles. The van der Waals surface area contributed by atoms with Gasteiger partial charge in [0.25, 0.3) is 11.5 Å². The van der Waals surface area contributed by atoms with Crippen LogP contribution in [0, 0.1) is 11.6 Å². The van der Waals surface area contributed by atoms with E-state index < -0.39 is 34.7 Å². The fourth-order valence-corrected chi connectivity index (χ4v) is 3.95. The van der Waals surface area contributed by atoms with Crippen LogP contribution < -0.4 is 25.8 Å². The molecule has 0 unspecified atom stereocenters. The highest BCUT2D eigenvalue weighted by Gasteiger charge is 2.38. The van der Waals surface area contributed by atoms with Crippen molar-refractivity contribution in [1.29, 1.82) is 0 Å². The number of rotatable bonds is 6. The van der Waals surface area contributed by atoms with E-state index in [-0.39, 0.29) is 36.3 Å². The van der Waals surface area contributed by atoms with Crippen LogP contribution in [0.3, 0.4) is 0 Å². The second-order valence-corrected chi connectivity index (χ2v) is 9.22. The fraction of sp³-hybridized carbons (Fsp3) is 0.250. The third-order valence-corrected chi connectivity index (χ3v) is 5.95. The maximum atomic E-state index is 13.8. The summed E-state index contributed by atoms with van der Waals surface area (Å²) < 4.78 is 33.5. The van der Waals surface area contributed by atoms with E-state index in [4.69, 9.17) is 22.1 Å². The first-order chi connectivity index (χ1) is 17.4. The molecule has 194 valence electrons. The summed E-state index contributed by atoms with van der Waals surface area (Å²) >= 11 is 6.14. The predicted molar refractivity (Wildman–Crippen MR) is 130 cm³/mol. The molecule has 0 spiro atoms. The molecule has 0 bridgehead atoms. The number of fused-ring (bicyclic) bond motifs is 1. The molecule has 1 aliphatic rings. The van der Waals surface area contributed by atoms with Crippen LogP contribution in [0.5, 0.6) is 5.88 Å². The Bertz CT molecular complexity index is 1460. The van der Waals surface area contributed by atoms with Gasteiger partial charge in [0.15, 0.2) is 5.02 Å². The second-order valence-electron chi connectivity index (χ2n) is 8.84. The van der Waals surface area contributed by atoms with E-state index in [1.54, 1.807) is 18.2 Å². The number of nitrogens with two attached hydrogens (primary N) is 1. The zero-order valence-electron chi connectivity index (χ0n) is 19.7. The second kappa shape index (κ2) is 9.79. The number of anilines is 2. The number of carbonyl (C=O) groups is 2. The first kappa shape index (κ1) is 26.0. The third kappa shape index (κ3) is 5.25. The van der Waals surface area contributed by atoms with Gasteiger partial charge in [-0.2, -0.15) is 0 Å². The van der Waals surface area contributed by atoms with Crippen molar-refractivity contribution in [2.45, 2.75) is 32.6 Å². The number of hydrogen-bond donors (Lipinski definition) is 2. The van der Waals surface area contributed by atoms with Crippen molar-refractivity contribution in [2.75, 3.05) is 16.5 Å². The van der Waals surface area contributed by atoms with Gasteiger partial charge in [-0.3, -0.25) is 24.0 Å². The molecule has 1 aliphatic heterocycles. The standard InChI is InChI=1S/C24H22ClF2N5O5/c1-24(2,36)22(34)31-12-32(23(28)35)18-7-13(3-6-17(18)31)9-30-11-29-20(19(25)21(30)33)37-10-14-4-5-15(26)8-16(14)27/h3-8,11,36H,9-10,12H2,1-2H3,(H2,28,35). The monoisotopic (exact) mass is 533 g/mol. The summed E-state index contributed by atoms with van der Waals surface area (Å²) in [5.74, 6) is -2.38. The summed E-state index contributed by atoms with van der Waals surface area (Å²) in [6.07, 6.45) is 1.19. The molecular formula is C24H22ClF2N5O5. The van der Waals surface area contributed by atoms with Crippen molar-refractivity contribution in [2.24, 2.45) is 5.73 Å². The van der Waals surface area contributed by atoms with Gasteiger partial charge in [0.05, 0.1) is 17.9 Å². The van der Waals surface area contributed by atoms with Gasteiger partial charge in [0.2, 0.25) is 5.88 Å². The molecule has 13 heteroatoms. The number of aliphatic hydroxyl groups is 1. The van der Waals surface area contributed by atoms with Crippen LogP contribution in [0.2, 0.25) is 5.02 Å². The maximum absolute atomic E-state index is 13.8. The van der Waals surface area contributed by atoms with Crippen LogP contribution in [0.4, 0.5) is 25.0 Å². The number of urea groups is 1. The van der Waals surface area contributed by atoms with E-state index in [0.29, 0.717) is 23.0 Å². The molecule has 0 aliphatic carbocycles. The number of aromatic nitrogens is 2. The number of benzene rings is 2. The molecular weight excluding hydrogens is 512 g/mol. The molecule has 0 fully saturated rings. The summed E-state index contributed by atoms with van der Waals surface area (Å²) in [6.45, 7) is 2.17. The molecule has 2 heterocycles. The van der Waals surface area contributed by atoms with Gasteiger partial charge in [0, 0.05) is 11.6 Å². The van der Waals surface area contributed by atoms with E-state index >= 15 is 0 Å². The fourth-order valence-electron chi connectivity index (χ4n) is 3.74. The van der Waals surface area contributed by atoms with Crippen LogP contribution in [0.15, 0.2) is 47.5 Å². The van der Waals surface area contributed by atoms with Crippen LogP contribution in [-0.4, -0.2) is 38.9 Å². The van der Waals surface area contributed by atoms with Crippen molar-refractivity contribution in [3.05, 3.63) is 80.9 Å². The van der Waals surface area contributed by atoms with Gasteiger partial charge in [-0.25, -0.2) is 18.6 Å². The van der Waals surface area contributed by atoms with Gasteiger partial charge in [0.1, 0.15) is 36.8 Å². The Morgan fingerprint density at radius 1 is 1.16 bits per heavy atom. The first-order valence-corrected chi connectivity index (χ1v) is 11.3. The quantitative estimate of drug-likeness (QED) is 0.501. The van der Waals surface area contributed by atoms with Gasteiger partial charge < -0.3 is 15.6 Å². The lowest BCUT2D eigenvalue weighted by Crippen LogP contribution is -2.48. The molecule has 10 nitrogen and oxygen atoms in total. The van der Waals surface area contributed by atoms with Crippen molar-refractivity contribution in [3.63, 3.8) is 0 Å². The molecule has 3 N–H and O–H groups in total. The highest BCUT2D eigenvalue weighted by Crippen LogP contribution is 2.38. The van der Waals surface area contributed by atoms with E-state index in [2.05, 4.69) is 4.98 Å². The predicted octanol–water partition coefficient (Wildman–Crippen LogP) is 2.76. The summed E-state index contributed by atoms with van der Waals surface area (Å²) in [5, 5.41) is 9.78. The maximum Gasteiger partial charge on any atom is 0.320 e. The number of hydrogen-bond acceptors (Lipinski definition) is 6. The Kier molecular flexibility index (Phi) is 6.89. The third-order valence-electron chi connectivity index (χ3n) is 5.62. The molecule has 0 saturated heterocycles. The SMILES string of the molecule is CC(C)(O)C(=O)N1CN(C(N)=O)c2cc(Cn3cnc(OCc4ccc(F)cc4F)c(Cl)c3=O)ccc21. The van der Waals surface area contributed by atoms with E-state index in [1.807, 2.05) is 0 Å². The topological polar surface area (TPSA) is 131 Å². The molecule has 0 saturated carbocycles. The lowest BCUT2D eigenvalue weighted by molar-refractivity contribution is -0.133. The molecule has 0 atom stereocenters. The van der Waals surface area contributed by atoms with E-state index in [9.17, 15) is 28.3 Å². The minimum Gasteiger partial charge on any atom is -0.471 e. The number of nitrogens with zero attached hydrogens (tertiary/aromatic N) is 4. The van der Waals surface area contributed by atoms with Gasteiger partial charge in [-0.1, -0.05) is 17.7 Å². The van der Waals surface area contributed by atoms with E-state index in [1.165, 1.54) is 40.6 Å².